The van der Waals surface area contributed by atoms with Gasteiger partial charge in [0.1, 0.15) is 6.04 Å². The van der Waals surface area contributed by atoms with E-state index in [-0.39, 0.29) is 24.3 Å². The third-order valence-corrected chi connectivity index (χ3v) is 7.11. The first-order valence-corrected chi connectivity index (χ1v) is 12.8. The maximum Gasteiger partial charge on any atom is 0.417 e. The van der Waals surface area contributed by atoms with Crippen molar-refractivity contribution in [2.24, 2.45) is 0 Å². The summed E-state index contributed by atoms with van der Waals surface area (Å²) in [6.07, 6.45) is -4.93. The molecular weight excluding hydrogens is 533 g/mol. The van der Waals surface area contributed by atoms with Crippen molar-refractivity contribution < 1.29 is 36.3 Å². The summed E-state index contributed by atoms with van der Waals surface area (Å²) in [6.45, 7) is -0.160. The summed E-state index contributed by atoms with van der Waals surface area (Å²) in [4.78, 5) is 23.7. The number of benzene rings is 3. The van der Waals surface area contributed by atoms with E-state index in [1.807, 2.05) is 0 Å². The van der Waals surface area contributed by atoms with Crippen molar-refractivity contribution in [2.75, 3.05) is 6.54 Å². The molecule has 3 rings (SSSR count). The number of amides is 1. The molecule has 0 bridgehead atoms. The summed E-state index contributed by atoms with van der Waals surface area (Å²) in [5.74, 6) is -2.41. The average Bonchev–Trinajstić information content (AvgIpc) is 2.85. The van der Waals surface area contributed by atoms with Gasteiger partial charge in [0.05, 0.1) is 16.0 Å². The lowest BCUT2D eigenvalue weighted by atomic mass is 10.1. The third-order valence-electron chi connectivity index (χ3n) is 5.37. The van der Waals surface area contributed by atoms with E-state index in [9.17, 15) is 36.3 Å². The Morgan fingerprint density at radius 2 is 1.49 bits per heavy atom. The van der Waals surface area contributed by atoms with E-state index in [1.54, 1.807) is 36.4 Å². The van der Waals surface area contributed by atoms with Crippen molar-refractivity contribution >= 4 is 33.5 Å². The molecule has 0 aromatic heterocycles. The highest BCUT2D eigenvalue weighted by Crippen LogP contribution is 2.31. The lowest BCUT2D eigenvalue weighted by Gasteiger charge is -2.16. The van der Waals surface area contributed by atoms with E-state index in [1.165, 1.54) is 18.2 Å². The van der Waals surface area contributed by atoms with Gasteiger partial charge in [-0.2, -0.15) is 17.9 Å². The smallest absolute Gasteiger partial charge is 0.417 e. The molecule has 1 amide bonds. The third kappa shape index (κ3) is 7.54. The molecule has 3 aromatic carbocycles. The van der Waals surface area contributed by atoms with Gasteiger partial charge < -0.3 is 10.4 Å². The first-order valence-electron chi connectivity index (χ1n) is 10.9. The van der Waals surface area contributed by atoms with Crippen LogP contribution < -0.4 is 10.0 Å². The van der Waals surface area contributed by atoms with Gasteiger partial charge in [0, 0.05) is 11.6 Å². The minimum atomic E-state index is -4.71. The Balaban J connectivity index is 1.59. The van der Waals surface area contributed by atoms with Crippen LogP contribution in [-0.2, 0) is 21.0 Å². The highest BCUT2D eigenvalue weighted by atomic mass is 35.5. The second-order valence-electron chi connectivity index (χ2n) is 7.98. The molecule has 1 atom stereocenters. The normalized spacial score (nSPS) is 12.6. The van der Waals surface area contributed by atoms with Gasteiger partial charge in [-0.25, -0.2) is 8.42 Å². The lowest BCUT2D eigenvalue weighted by Crippen LogP contribution is -2.41. The number of rotatable bonds is 10. The average molecular weight is 555 g/mol. The van der Waals surface area contributed by atoms with Crippen LogP contribution in [0.3, 0.4) is 0 Å². The van der Waals surface area contributed by atoms with Gasteiger partial charge in [-0.3, -0.25) is 9.59 Å². The van der Waals surface area contributed by atoms with Crippen molar-refractivity contribution in [3.8, 4) is 11.1 Å². The molecule has 0 fully saturated rings. The Hall–Kier alpha value is -3.41. The molecule has 12 heteroatoms. The Bertz CT molecular complexity index is 1360. The van der Waals surface area contributed by atoms with Gasteiger partial charge in [0.2, 0.25) is 10.0 Å². The Morgan fingerprint density at radius 3 is 2.05 bits per heavy atom. The Kier molecular flexibility index (Phi) is 8.95. The lowest BCUT2D eigenvalue weighted by molar-refractivity contribution is -0.139. The summed E-state index contributed by atoms with van der Waals surface area (Å²) in [7, 11) is -4.19. The molecule has 3 N–H and O–H groups in total. The zero-order chi connectivity index (χ0) is 27.2. The van der Waals surface area contributed by atoms with Crippen LogP contribution in [0.25, 0.3) is 11.1 Å². The molecule has 3 aromatic rings. The SMILES string of the molecule is O=C(NCCC[C@H](NS(=O)(=O)c1ccc(-c2ccc(Cl)cc2)cc1)C(=O)O)c1ccccc1C(F)(F)F. The molecule has 0 saturated heterocycles. The van der Waals surface area contributed by atoms with Gasteiger partial charge in [-0.1, -0.05) is 48.0 Å². The number of hydrogen-bond donors (Lipinski definition) is 3. The van der Waals surface area contributed by atoms with E-state index in [2.05, 4.69) is 10.0 Å². The number of carbonyl (C=O) groups excluding carboxylic acids is 1. The highest BCUT2D eigenvalue weighted by Gasteiger charge is 2.34. The van der Waals surface area contributed by atoms with Crippen LogP contribution >= 0.6 is 11.6 Å². The first-order chi connectivity index (χ1) is 17.4. The fourth-order valence-corrected chi connectivity index (χ4v) is 4.84. The molecule has 0 spiro atoms. The fourth-order valence-electron chi connectivity index (χ4n) is 3.49. The molecule has 0 saturated carbocycles. The predicted molar refractivity (Wildman–Crippen MR) is 132 cm³/mol. The monoisotopic (exact) mass is 554 g/mol. The number of carboxylic acid groups (broad SMARTS) is 1. The zero-order valence-electron chi connectivity index (χ0n) is 19.1. The number of aliphatic carboxylic acids is 1. The molecule has 0 radical (unpaired) electrons. The number of sulfonamides is 1. The molecule has 0 unspecified atom stereocenters. The number of carbonyl (C=O) groups is 2. The van der Waals surface area contributed by atoms with E-state index in [0.29, 0.717) is 5.02 Å². The van der Waals surface area contributed by atoms with E-state index in [4.69, 9.17) is 11.6 Å². The summed E-state index contributed by atoms with van der Waals surface area (Å²) in [5, 5.41) is 12.3. The van der Waals surface area contributed by atoms with Crippen LogP contribution in [0, 0.1) is 0 Å². The Morgan fingerprint density at radius 1 is 0.919 bits per heavy atom. The molecule has 7 nitrogen and oxygen atoms in total. The van der Waals surface area contributed by atoms with Gasteiger partial charge in [-0.05, 0) is 60.4 Å². The van der Waals surface area contributed by atoms with Crippen molar-refractivity contribution in [2.45, 2.75) is 30.0 Å². The van der Waals surface area contributed by atoms with Crippen LogP contribution in [0.2, 0.25) is 5.02 Å². The number of hydrogen-bond acceptors (Lipinski definition) is 4. The van der Waals surface area contributed by atoms with Gasteiger partial charge in [0.15, 0.2) is 0 Å². The molecule has 0 aliphatic rings. The predicted octanol–water partition coefficient (Wildman–Crippen LogP) is 4.97. The minimum Gasteiger partial charge on any atom is -0.480 e. The van der Waals surface area contributed by atoms with Crippen LogP contribution in [-0.4, -0.2) is 38.0 Å². The second kappa shape index (κ2) is 11.8. The summed E-state index contributed by atoms with van der Waals surface area (Å²) in [5.41, 5.74) is -0.115. The molecule has 196 valence electrons. The van der Waals surface area contributed by atoms with Crippen molar-refractivity contribution in [1.82, 2.24) is 10.0 Å². The number of nitrogens with one attached hydrogen (secondary N) is 2. The minimum absolute atomic E-state index is 0.00504. The van der Waals surface area contributed by atoms with Crippen molar-refractivity contribution in [3.63, 3.8) is 0 Å². The van der Waals surface area contributed by atoms with Crippen molar-refractivity contribution in [3.05, 3.63) is 88.9 Å². The topological polar surface area (TPSA) is 113 Å². The fraction of sp³-hybridized carbons (Fsp3) is 0.200. The van der Waals surface area contributed by atoms with Crippen LogP contribution in [0.1, 0.15) is 28.8 Å². The van der Waals surface area contributed by atoms with Crippen LogP contribution in [0.4, 0.5) is 13.2 Å². The molecule has 37 heavy (non-hydrogen) atoms. The largest absolute Gasteiger partial charge is 0.480 e. The second-order valence-corrected chi connectivity index (χ2v) is 10.1. The first kappa shape index (κ1) is 28.2. The van der Waals surface area contributed by atoms with E-state index >= 15 is 0 Å². The number of carboxylic acids is 1. The van der Waals surface area contributed by atoms with Crippen LogP contribution in [0.5, 0.6) is 0 Å². The zero-order valence-corrected chi connectivity index (χ0v) is 20.7. The summed E-state index contributed by atoms with van der Waals surface area (Å²) in [6, 6.07) is 15.5. The summed E-state index contributed by atoms with van der Waals surface area (Å²) < 4.78 is 66.9. The van der Waals surface area contributed by atoms with Gasteiger partial charge >= 0.3 is 12.1 Å². The van der Waals surface area contributed by atoms with Gasteiger partial charge in [0.25, 0.3) is 5.91 Å². The van der Waals surface area contributed by atoms with Crippen molar-refractivity contribution in [1.29, 1.82) is 0 Å². The van der Waals surface area contributed by atoms with E-state index < -0.39 is 45.2 Å². The van der Waals surface area contributed by atoms with Crippen LogP contribution in [0.15, 0.2) is 77.7 Å². The number of halogens is 4. The maximum absolute atomic E-state index is 13.1. The number of alkyl halides is 3. The van der Waals surface area contributed by atoms with Gasteiger partial charge in [-0.15, -0.1) is 0 Å². The molecule has 0 aliphatic heterocycles. The van der Waals surface area contributed by atoms with E-state index in [0.717, 1.165) is 29.3 Å². The Labute approximate surface area is 216 Å². The highest BCUT2D eigenvalue weighted by molar-refractivity contribution is 7.89. The standard InChI is InChI=1S/C25H22ClF3N2O5S/c26-18-11-7-16(8-12-18)17-9-13-19(14-10-17)37(35,36)31-22(24(33)34)6-3-15-30-23(32)20-4-1-2-5-21(20)25(27,28)29/h1-2,4-5,7-14,22,31H,3,6,15H2,(H,30,32)(H,33,34)/t22-/m0/s1. The molecule has 0 aliphatic carbocycles. The molecule has 0 heterocycles. The molecular formula is C25H22ClF3N2O5S. The summed E-state index contributed by atoms with van der Waals surface area (Å²) >= 11 is 5.87. The quantitative estimate of drug-likeness (QED) is 0.306. The maximum atomic E-state index is 13.1.